The molecule has 29 heavy (non-hydrogen) atoms. The number of aromatic nitrogens is 2. The van der Waals surface area contributed by atoms with E-state index in [0.29, 0.717) is 23.1 Å². The first-order valence-corrected chi connectivity index (χ1v) is 9.59. The monoisotopic (exact) mass is 390 g/mol. The fourth-order valence-corrected chi connectivity index (χ4v) is 3.00. The average molecular weight is 390 g/mol. The van der Waals surface area contributed by atoms with Crippen molar-refractivity contribution in [2.24, 2.45) is 0 Å². The smallest absolute Gasteiger partial charge is 0.274 e. The summed E-state index contributed by atoms with van der Waals surface area (Å²) in [5.74, 6) is 1.39. The maximum atomic E-state index is 12.9. The molecule has 6 nitrogen and oxygen atoms in total. The lowest BCUT2D eigenvalue weighted by molar-refractivity contribution is 0.102. The molecule has 150 valence electrons. The fraction of sp³-hybridized carbons (Fsp3) is 0.261. The minimum atomic E-state index is -0.320. The molecule has 6 heteroatoms. The number of amides is 1. The van der Waals surface area contributed by atoms with Crippen LogP contribution in [-0.2, 0) is 0 Å². The summed E-state index contributed by atoms with van der Waals surface area (Å²) in [6.45, 7) is 9.71. The minimum Gasteiger partial charge on any atom is -0.489 e. The number of nitrogens with one attached hydrogen (secondary N) is 2. The van der Waals surface area contributed by atoms with Gasteiger partial charge in [-0.15, -0.1) is 0 Å². The Morgan fingerprint density at radius 1 is 0.966 bits per heavy atom. The summed E-state index contributed by atoms with van der Waals surface area (Å²) in [5.41, 5.74) is 4.07. The van der Waals surface area contributed by atoms with Crippen LogP contribution in [0.4, 0.5) is 17.2 Å². The van der Waals surface area contributed by atoms with Gasteiger partial charge in [-0.05, 0) is 57.9 Å². The van der Waals surface area contributed by atoms with Crippen molar-refractivity contribution in [2.75, 3.05) is 10.6 Å². The number of para-hydroxylation sites is 3. The summed E-state index contributed by atoms with van der Waals surface area (Å²) >= 11 is 0. The predicted molar refractivity (Wildman–Crippen MR) is 116 cm³/mol. The number of benzene rings is 2. The highest BCUT2D eigenvalue weighted by atomic mass is 16.5. The van der Waals surface area contributed by atoms with Crippen LogP contribution >= 0.6 is 0 Å². The number of rotatable bonds is 6. The molecule has 0 fully saturated rings. The summed E-state index contributed by atoms with van der Waals surface area (Å²) in [5, 5.41) is 6.21. The van der Waals surface area contributed by atoms with E-state index in [2.05, 4.69) is 20.6 Å². The van der Waals surface area contributed by atoms with Crippen molar-refractivity contribution in [3.8, 4) is 5.75 Å². The van der Waals surface area contributed by atoms with Crippen molar-refractivity contribution in [3.63, 3.8) is 0 Å². The molecule has 1 heterocycles. The van der Waals surface area contributed by atoms with E-state index < -0.39 is 0 Å². The van der Waals surface area contributed by atoms with Gasteiger partial charge in [-0.3, -0.25) is 4.79 Å². The molecule has 2 N–H and O–H groups in total. The van der Waals surface area contributed by atoms with Gasteiger partial charge in [0, 0.05) is 11.8 Å². The van der Waals surface area contributed by atoms with E-state index in [1.54, 1.807) is 19.1 Å². The molecule has 0 atom stereocenters. The lowest BCUT2D eigenvalue weighted by Crippen LogP contribution is -2.17. The van der Waals surface area contributed by atoms with E-state index in [1.807, 2.05) is 64.1 Å². The van der Waals surface area contributed by atoms with Crippen molar-refractivity contribution in [1.29, 1.82) is 0 Å². The summed E-state index contributed by atoms with van der Waals surface area (Å²) in [4.78, 5) is 21.6. The highest BCUT2D eigenvalue weighted by Crippen LogP contribution is 2.26. The molecule has 0 aliphatic rings. The summed E-state index contributed by atoms with van der Waals surface area (Å²) in [7, 11) is 0. The van der Waals surface area contributed by atoms with Crippen LogP contribution in [0.25, 0.3) is 0 Å². The van der Waals surface area contributed by atoms with Gasteiger partial charge in [0.2, 0.25) is 0 Å². The zero-order valence-electron chi connectivity index (χ0n) is 17.4. The Morgan fingerprint density at radius 2 is 1.66 bits per heavy atom. The highest BCUT2D eigenvalue weighted by Gasteiger charge is 2.14. The van der Waals surface area contributed by atoms with Gasteiger partial charge in [0.05, 0.1) is 11.8 Å². The Hall–Kier alpha value is -3.41. The first-order valence-electron chi connectivity index (χ1n) is 9.59. The molecular weight excluding hydrogens is 364 g/mol. The second-order valence-corrected chi connectivity index (χ2v) is 7.19. The molecule has 1 aromatic heterocycles. The molecule has 3 rings (SSSR count). The van der Waals surface area contributed by atoms with Gasteiger partial charge in [-0.25, -0.2) is 9.97 Å². The third-order valence-corrected chi connectivity index (χ3v) is 4.30. The Labute approximate surface area is 171 Å². The molecule has 0 unspecified atom stereocenters. The van der Waals surface area contributed by atoms with E-state index in [9.17, 15) is 4.79 Å². The number of hydrogen-bond donors (Lipinski definition) is 2. The number of nitrogens with zero attached hydrogens (tertiary/aromatic N) is 2. The average Bonchev–Trinajstić information content (AvgIpc) is 2.65. The summed E-state index contributed by atoms with van der Waals surface area (Å²) in [6.07, 6.45) is 0.00232. The van der Waals surface area contributed by atoms with Crippen LogP contribution in [0.5, 0.6) is 5.75 Å². The van der Waals surface area contributed by atoms with Crippen LogP contribution in [0, 0.1) is 20.8 Å². The van der Waals surface area contributed by atoms with Crippen LogP contribution in [0.1, 0.15) is 41.3 Å². The standard InChI is InChI=1S/C23H26N4O2/c1-14(2)29-20-12-7-6-11-18(20)26-23(28)19-13-21(25-17(5)24-19)27-22-15(3)9-8-10-16(22)4/h6-14H,1-5H3,(H,26,28)(H,24,25,27). The molecule has 0 aliphatic carbocycles. The van der Waals surface area contributed by atoms with Gasteiger partial charge in [0.1, 0.15) is 23.1 Å². The molecule has 0 saturated heterocycles. The molecule has 3 aromatic rings. The van der Waals surface area contributed by atoms with Gasteiger partial charge >= 0.3 is 0 Å². The number of aryl methyl sites for hydroxylation is 3. The van der Waals surface area contributed by atoms with E-state index in [-0.39, 0.29) is 17.7 Å². The Bertz CT molecular complexity index is 1010. The topological polar surface area (TPSA) is 76.1 Å². The molecular formula is C23H26N4O2. The van der Waals surface area contributed by atoms with Gasteiger partial charge in [0.15, 0.2) is 0 Å². The number of carbonyl (C=O) groups excluding carboxylic acids is 1. The maximum absolute atomic E-state index is 12.9. The third kappa shape index (κ3) is 5.10. The van der Waals surface area contributed by atoms with Crippen molar-refractivity contribution in [3.05, 3.63) is 71.2 Å². The second kappa shape index (κ2) is 8.73. The highest BCUT2D eigenvalue weighted by molar-refractivity contribution is 6.04. The van der Waals surface area contributed by atoms with E-state index in [4.69, 9.17) is 4.74 Å². The molecule has 0 spiro atoms. The first-order chi connectivity index (χ1) is 13.8. The number of carbonyl (C=O) groups is 1. The molecule has 0 bridgehead atoms. The predicted octanol–water partition coefficient (Wildman–Crippen LogP) is 5.18. The van der Waals surface area contributed by atoms with Crippen molar-refractivity contribution in [1.82, 2.24) is 9.97 Å². The van der Waals surface area contributed by atoms with Crippen molar-refractivity contribution in [2.45, 2.75) is 40.7 Å². The van der Waals surface area contributed by atoms with Crippen molar-refractivity contribution >= 4 is 23.1 Å². The van der Waals surface area contributed by atoms with Crippen LogP contribution in [0.2, 0.25) is 0 Å². The second-order valence-electron chi connectivity index (χ2n) is 7.19. The van der Waals surface area contributed by atoms with Gasteiger partial charge in [-0.1, -0.05) is 30.3 Å². The van der Waals surface area contributed by atoms with Crippen LogP contribution < -0.4 is 15.4 Å². The zero-order chi connectivity index (χ0) is 21.0. The Balaban J connectivity index is 1.86. The van der Waals surface area contributed by atoms with Crippen LogP contribution in [-0.4, -0.2) is 22.0 Å². The molecule has 2 aromatic carbocycles. The molecule has 0 saturated carbocycles. The maximum Gasteiger partial charge on any atom is 0.274 e. The summed E-state index contributed by atoms with van der Waals surface area (Å²) < 4.78 is 5.78. The van der Waals surface area contributed by atoms with E-state index >= 15 is 0 Å². The molecule has 0 radical (unpaired) electrons. The van der Waals surface area contributed by atoms with Crippen LogP contribution in [0.3, 0.4) is 0 Å². The number of anilines is 3. The molecule has 1 amide bonds. The van der Waals surface area contributed by atoms with E-state index in [0.717, 1.165) is 16.8 Å². The third-order valence-electron chi connectivity index (χ3n) is 4.30. The van der Waals surface area contributed by atoms with Gasteiger partial charge in [-0.2, -0.15) is 0 Å². The fourth-order valence-electron chi connectivity index (χ4n) is 3.00. The Morgan fingerprint density at radius 3 is 2.34 bits per heavy atom. The van der Waals surface area contributed by atoms with Crippen LogP contribution in [0.15, 0.2) is 48.5 Å². The number of ether oxygens (including phenoxy) is 1. The SMILES string of the molecule is Cc1nc(Nc2c(C)cccc2C)cc(C(=O)Nc2ccccc2OC(C)C)n1. The zero-order valence-corrected chi connectivity index (χ0v) is 17.4. The normalized spacial score (nSPS) is 10.7. The minimum absolute atomic E-state index is 0.00232. The van der Waals surface area contributed by atoms with Crippen molar-refractivity contribution < 1.29 is 9.53 Å². The van der Waals surface area contributed by atoms with E-state index in [1.165, 1.54) is 0 Å². The number of hydrogen-bond acceptors (Lipinski definition) is 5. The molecule has 0 aliphatic heterocycles. The van der Waals surface area contributed by atoms with Gasteiger partial charge < -0.3 is 15.4 Å². The summed E-state index contributed by atoms with van der Waals surface area (Å²) in [6, 6.07) is 15.1. The Kier molecular flexibility index (Phi) is 6.12. The first kappa shape index (κ1) is 20.3. The quantitative estimate of drug-likeness (QED) is 0.606. The lowest BCUT2D eigenvalue weighted by atomic mass is 10.1. The van der Waals surface area contributed by atoms with Gasteiger partial charge in [0.25, 0.3) is 5.91 Å². The lowest BCUT2D eigenvalue weighted by Gasteiger charge is -2.15. The largest absolute Gasteiger partial charge is 0.489 e.